The highest BCUT2D eigenvalue weighted by Crippen LogP contribution is 2.20. The fourth-order valence-electron chi connectivity index (χ4n) is 1.46. The summed E-state index contributed by atoms with van der Waals surface area (Å²) in [5.74, 6) is 1.02. The van der Waals surface area contributed by atoms with Gasteiger partial charge in [-0.3, -0.25) is 0 Å². The van der Waals surface area contributed by atoms with Crippen molar-refractivity contribution in [3.05, 3.63) is 72.1 Å². The zero-order chi connectivity index (χ0) is 11.2. The highest BCUT2D eigenvalue weighted by molar-refractivity contribution is 7.99. The van der Waals surface area contributed by atoms with Gasteiger partial charge in [-0.25, -0.2) is 0 Å². The first-order chi connectivity index (χ1) is 7.84. The van der Waals surface area contributed by atoms with Crippen molar-refractivity contribution in [3.63, 3.8) is 0 Å². The monoisotopic (exact) mass is 227 g/mol. The van der Waals surface area contributed by atoms with Gasteiger partial charge in [-0.15, -0.1) is 11.8 Å². The summed E-state index contributed by atoms with van der Waals surface area (Å²) in [4.78, 5) is 1.33. The Bertz CT molecular complexity index is 417. The Labute approximate surface area is 102 Å². The molecule has 0 saturated heterocycles. The molecule has 0 aliphatic rings. The van der Waals surface area contributed by atoms with Gasteiger partial charge in [-0.2, -0.15) is 0 Å². The van der Waals surface area contributed by atoms with Gasteiger partial charge in [0.25, 0.3) is 0 Å². The summed E-state index contributed by atoms with van der Waals surface area (Å²) in [6, 6.07) is 19.1. The first-order valence-corrected chi connectivity index (χ1v) is 6.41. The van der Waals surface area contributed by atoms with E-state index in [1.54, 1.807) is 0 Å². The van der Waals surface area contributed by atoms with Crippen LogP contribution in [0.15, 0.2) is 59.5 Å². The van der Waals surface area contributed by atoms with Gasteiger partial charge in [0.05, 0.1) is 0 Å². The molecule has 0 aliphatic heterocycles. The van der Waals surface area contributed by atoms with Crippen LogP contribution in [-0.2, 0) is 0 Å². The standard InChI is InChI=1S/C15H15S/c1-13-7-9-15(10-8-13)16-12-11-14-5-3-2-4-6-14/h2-11H,12H2,1H3. The van der Waals surface area contributed by atoms with E-state index in [0.717, 1.165) is 5.75 Å². The van der Waals surface area contributed by atoms with E-state index >= 15 is 0 Å². The van der Waals surface area contributed by atoms with Gasteiger partial charge in [0.2, 0.25) is 0 Å². The summed E-state index contributed by atoms with van der Waals surface area (Å²) >= 11 is 1.87. The molecule has 0 aliphatic carbocycles. The van der Waals surface area contributed by atoms with Gasteiger partial charge >= 0.3 is 0 Å². The molecule has 81 valence electrons. The molecule has 0 bridgehead atoms. The molecule has 1 radical (unpaired) electrons. The van der Waals surface area contributed by atoms with Crippen LogP contribution in [0.5, 0.6) is 0 Å². The Hall–Kier alpha value is -1.21. The molecule has 0 amide bonds. The van der Waals surface area contributed by atoms with Crippen molar-refractivity contribution in [1.82, 2.24) is 0 Å². The normalized spacial score (nSPS) is 10.3. The molecule has 0 atom stereocenters. The van der Waals surface area contributed by atoms with E-state index in [0.29, 0.717) is 0 Å². The molecule has 0 nitrogen and oxygen atoms in total. The van der Waals surface area contributed by atoms with Gasteiger partial charge in [0.1, 0.15) is 0 Å². The van der Waals surface area contributed by atoms with Crippen molar-refractivity contribution in [2.24, 2.45) is 0 Å². The van der Waals surface area contributed by atoms with Crippen molar-refractivity contribution < 1.29 is 0 Å². The molecule has 2 aromatic rings. The Balaban J connectivity index is 1.82. The fourth-order valence-corrected chi connectivity index (χ4v) is 2.25. The molecule has 0 N–H and O–H groups in total. The van der Waals surface area contributed by atoms with Crippen LogP contribution in [0.4, 0.5) is 0 Å². The van der Waals surface area contributed by atoms with Crippen LogP contribution in [0, 0.1) is 13.3 Å². The Morgan fingerprint density at radius 3 is 2.31 bits per heavy atom. The van der Waals surface area contributed by atoms with Crippen LogP contribution in [0.1, 0.15) is 11.1 Å². The molecular formula is C15H15S. The topological polar surface area (TPSA) is 0 Å². The lowest BCUT2D eigenvalue weighted by Crippen LogP contribution is -1.84. The summed E-state index contributed by atoms with van der Waals surface area (Å²) in [5.41, 5.74) is 2.61. The summed E-state index contributed by atoms with van der Waals surface area (Å²) < 4.78 is 0. The van der Waals surface area contributed by atoms with Crippen molar-refractivity contribution in [2.45, 2.75) is 11.8 Å². The van der Waals surface area contributed by atoms with E-state index in [4.69, 9.17) is 0 Å². The summed E-state index contributed by atoms with van der Waals surface area (Å²) in [6.45, 7) is 2.12. The second-order valence-electron chi connectivity index (χ2n) is 3.74. The summed E-state index contributed by atoms with van der Waals surface area (Å²) in [7, 11) is 0. The van der Waals surface area contributed by atoms with Crippen LogP contribution < -0.4 is 0 Å². The highest BCUT2D eigenvalue weighted by Gasteiger charge is 1.95. The average Bonchev–Trinajstić information content (AvgIpc) is 2.33. The Kier molecular flexibility index (Phi) is 4.06. The van der Waals surface area contributed by atoms with Crippen molar-refractivity contribution in [3.8, 4) is 0 Å². The van der Waals surface area contributed by atoms with Gasteiger partial charge in [-0.1, -0.05) is 48.0 Å². The molecular weight excluding hydrogens is 212 g/mol. The molecule has 0 saturated carbocycles. The maximum Gasteiger partial charge on any atom is 0.00723 e. The fraction of sp³-hybridized carbons (Fsp3) is 0.133. The predicted octanol–water partition coefficient (Wildman–Crippen LogP) is 4.34. The van der Waals surface area contributed by atoms with E-state index in [9.17, 15) is 0 Å². The number of benzene rings is 2. The molecule has 0 heterocycles. The minimum absolute atomic E-state index is 1.02. The largest absolute Gasteiger partial charge is 0.126 e. The van der Waals surface area contributed by atoms with E-state index < -0.39 is 0 Å². The zero-order valence-corrected chi connectivity index (χ0v) is 10.2. The number of hydrogen-bond donors (Lipinski definition) is 0. The Morgan fingerprint density at radius 2 is 1.62 bits per heavy atom. The quantitative estimate of drug-likeness (QED) is 0.700. The summed E-state index contributed by atoms with van der Waals surface area (Å²) in [6.07, 6.45) is 2.25. The maximum atomic E-state index is 2.25. The molecule has 1 heteroatoms. The lowest BCUT2D eigenvalue weighted by atomic mass is 10.2. The number of aryl methyl sites for hydroxylation is 1. The zero-order valence-electron chi connectivity index (χ0n) is 9.39. The van der Waals surface area contributed by atoms with Crippen molar-refractivity contribution in [2.75, 3.05) is 5.75 Å². The van der Waals surface area contributed by atoms with Gasteiger partial charge in [0.15, 0.2) is 0 Å². The molecule has 0 fully saturated rings. The minimum atomic E-state index is 1.02. The van der Waals surface area contributed by atoms with Gasteiger partial charge in [-0.05, 0) is 24.6 Å². The lowest BCUT2D eigenvalue weighted by Gasteiger charge is -2.02. The number of hydrogen-bond acceptors (Lipinski definition) is 1. The molecule has 2 rings (SSSR count). The van der Waals surface area contributed by atoms with Crippen LogP contribution in [0.2, 0.25) is 0 Å². The smallest absolute Gasteiger partial charge is 0.00723 e. The minimum Gasteiger partial charge on any atom is -0.126 e. The summed E-state index contributed by atoms with van der Waals surface area (Å²) in [5, 5.41) is 0. The molecule has 0 aromatic heterocycles. The third kappa shape index (κ3) is 3.42. The van der Waals surface area contributed by atoms with Gasteiger partial charge < -0.3 is 0 Å². The number of rotatable bonds is 4. The Morgan fingerprint density at radius 1 is 0.938 bits per heavy atom. The third-order valence-electron chi connectivity index (χ3n) is 2.39. The molecule has 2 aromatic carbocycles. The second-order valence-corrected chi connectivity index (χ2v) is 4.83. The maximum absolute atomic E-state index is 2.25. The third-order valence-corrected chi connectivity index (χ3v) is 3.33. The van der Waals surface area contributed by atoms with Crippen molar-refractivity contribution in [1.29, 1.82) is 0 Å². The molecule has 0 spiro atoms. The van der Waals surface area contributed by atoms with E-state index in [2.05, 4.69) is 61.9 Å². The number of thioether (sulfide) groups is 1. The van der Waals surface area contributed by atoms with Crippen LogP contribution in [-0.4, -0.2) is 5.75 Å². The van der Waals surface area contributed by atoms with E-state index in [-0.39, 0.29) is 0 Å². The first-order valence-electron chi connectivity index (χ1n) is 5.42. The first kappa shape index (κ1) is 11.3. The molecule has 16 heavy (non-hydrogen) atoms. The van der Waals surface area contributed by atoms with Crippen LogP contribution in [0.25, 0.3) is 0 Å². The van der Waals surface area contributed by atoms with Gasteiger partial charge in [0, 0.05) is 17.1 Å². The highest BCUT2D eigenvalue weighted by atomic mass is 32.2. The average molecular weight is 227 g/mol. The lowest BCUT2D eigenvalue weighted by molar-refractivity contribution is 1.36. The van der Waals surface area contributed by atoms with Crippen molar-refractivity contribution >= 4 is 11.8 Å². The van der Waals surface area contributed by atoms with Crippen LogP contribution >= 0.6 is 11.8 Å². The molecule has 0 unspecified atom stereocenters. The van der Waals surface area contributed by atoms with E-state index in [1.165, 1.54) is 16.0 Å². The predicted molar refractivity (Wildman–Crippen MR) is 71.7 cm³/mol. The van der Waals surface area contributed by atoms with Crippen LogP contribution in [0.3, 0.4) is 0 Å². The SMILES string of the molecule is Cc1ccc(SC[CH]c2ccccc2)cc1. The second kappa shape index (κ2) is 5.76. The van der Waals surface area contributed by atoms with E-state index in [1.807, 2.05) is 17.8 Å².